The number of aromatic nitrogens is 4. The van der Waals surface area contributed by atoms with Gasteiger partial charge < -0.3 is 14.8 Å². The molecule has 0 spiro atoms. The first-order valence-corrected chi connectivity index (χ1v) is 5.91. The standard InChI is InChI=1S/C10H13ClN6/c1-16-2-4-17(5-3-16)10-14-7-8(11)12-6-13-9(7)15-10/h6H,2-5H2,1H3,(H,12,13,14,15). The van der Waals surface area contributed by atoms with Crippen LogP contribution in [0, 0.1) is 0 Å². The molecule has 0 bridgehead atoms. The van der Waals surface area contributed by atoms with Crippen LogP contribution in [0.4, 0.5) is 5.95 Å². The molecule has 17 heavy (non-hydrogen) atoms. The molecular weight excluding hydrogens is 240 g/mol. The first kappa shape index (κ1) is 10.7. The molecule has 3 rings (SSSR count). The average molecular weight is 253 g/mol. The van der Waals surface area contributed by atoms with Crippen molar-refractivity contribution in [3.63, 3.8) is 0 Å². The molecule has 0 atom stereocenters. The van der Waals surface area contributed by atoms with Gasteiger partial charge in [-0.3, -0.25) is 0 Å². The Labute approximate surface area is 104 Å². The van der Waals surface area contributed by atoms with Gasteiger partial charge in [-0.05, 0) is 7.05 Å². The Kier molecular flexibility index (Phi) is 2.60. The molecule has 0 unspecified atom stereocenters. The second-order valence-corrected chi connectivity index (χ2v) is 4.57. The maximum absolute atomic E-state index is 5.98. The topological polar surface area (TPSA) is 60.9 Å². The summed E-state index contributed by atoms with van der Waals surface area (Å²) in [7, 11) is 2.12. The normalized spacial score (nSPS) is 17.9. The molecule has 1 aliphatic heterocycles. The van der Waals surface area contributed by atoms with E-state index in [0.717, 1.165) is 32.1 Å². The van der Waals surface area contributed by atoms with Crippen molar-refractivity contribution in [3.05, 3.63) is 11.5 Å². The fraction of sp³-hybridized carbons (Fsp3) is 0.500. The Morgan fingerprint density at radius 2 is 2.00 bits per heavy atom. The molecule has 1 saturated heterocycles. The van der Waals surface area contributed by atoms with Gasteiger partial charge in [0.15, 0.2) is 10.8 Å². The smallest absolute Gasteiger partial charge is 0.205 e. The predicted molar refractivity (Wildman–Crippen MR) is 66.4 cm³/mol. The van der Waals surface area contributed by atoms with E-state index in [2.05, 4.69) is 36.8 Å². The van der Waals surface area contributed by atoms with Gasteiger partial charge in [-0.1, -0.05) is 11.6 Å². The van der Waals surface area contributed by atoms with E-state index in [9.17, 15) is 0 Å². The van der Waals surface area contributed by atoms with Crippen molar-refractivity contribution >= 4 is 28.7 Å². The highest BCUT2D eigenvalue weighted by atomic mass is 35.5. The van der Waals surface area contributed by atoms with Gasteiger partial charge >= 0.3 is 0 Å². The zero-order valence-corrected chi connectivity index (χ0v) is 10.3. The van der Waals surface area contributed by atoms with Crippen LogP contribution in [-0.2, 0) is 0 Å². The number of halogens is 1. The summed E-state index contributed by atoms with van der Waals surface area (Å²) in [4.78, 5) is 20.2. The van der Waals surface area contributed by atoms with Crippen LogP contribution >= 0.6 is 11.6 Å². The number of hydrogen-bond donors (Lipinski definition) is 1. The van der Waals surface area contributed by atoms with Crippen molar-refractivity contribution in [2.75, 3.05) is 38.1 Å². The van der Waals surface area contributed by atoms with Crippen molar-refractivity contribution in [1.29, 1.82) is 0 Å². The van der Waals surface area contributed by atoms with Crippen molar-refractivity contribution in [1.82, 2.24) is 24.8 Å². The van der Waals surface area contributed by atoms with Crippen LogP contribution in [0.15, 0.2) is 6.33 Å². The molecule has 0 radical (unpaired) electrons. The number of likely N-dealkylation sites (N-methyl/N-ethyl adjacent to an activating group) is 1. The van der Waals surface area contributed by atoms with Gasteiger partial charge in [0.2, 0.25) is 5.95 Å². The van der Waals surface area contributed by atoms with Crippen LogP contribution in [-0.4, -0.2) is 58.1 Å². The van der Waals surface area contributed by atoms with E-state index in [4.69, 9.17) is 11.6 Å². The molecule has 3 heterocycles. The Balaban J connectivity index is 1.93. The molecule has 2 aromatic rings. The predicted octanol–water partition coefficient (Wildman–Crippen LogP) is 0.758. The van der Waals surface area contributed by atoms with Gasteiger partial charge in [-0.15, -0.1) is 0 Å². The highest BCUT2D eigenvalue weighted by Crippen LogP contribution is 2.21. The van der Waals surface area contributed by atoms with Crippen molar-refractivity contribution in [2.45, 2.75) is 0 Å². The van der Waals surface area contributed by atoms with Crippen molar-refractivity contribution < 1.29 is 0 Å². The zero-order valence-electron chi connectivity index (χ0n) is 9.52. The van der Waals surface area contributed by atoms with E-state index in [1.807, 2.05) is 0 Å². The van der Waals surface area contributed by atoms with Crippen molar-refractivity contribution in [2.24, 2.45) is 0 Å². The van der Waals surface area contributed by atoms with Gasteiger partial charge in [-0.25, -0.2) is 9.97 Å². The molecule has 0 amide bonds. The molecule has 2 aromatic heterocycles. The molecule has 1 fully saturated rings. The number of hydrogen-bond acceptors (Lipinski definition) is 5. The van der Waals surface area contributed by atoms with Crippen LogP contribution in [0.25, 0.3) is 11.2 Å². The van der Waals surface area contributed by atoms with Gasteiger partial charge in [0.05, 0.1) is 0 Å². The van der Waals surface area contributed by atoms with E-state index in [1.54, 1.807) is 0 Å². The van der Waals surface area contributed by atoms with E-state index < -0.39 is 0 Å². The van der Waals surface area contributed by atoms with E-state index in [0.29, 0.717) is 16.3 Å². The minimum Gasteiger partial charge on any atom is -0.340 e. The lowest BCUT2D eigenvalue weighted by Gasteiger charge is -2.31. The summed E-state index contributed by atoms with van der Waals surface area (Å²) in [6.07, 6.45) is 1.43. The third-order valence-electron chi connectivity index (χ3n) is 3.03. The minimum absolute atomic E-state index is 0.419. The first-order valence-electron chi connectivity index (χ1n) is 5.54. The summed E-state index contributed by atoms with van der Waals surface area (Å²) < 4.78 is 0. The molecule has 7 heteroatoms. The number of fused-ring (bicyclic) bond motifs is 1. The summed E-state index contributed by atoms with van der Waals surface area (Å²) in [5, 5.41) is 0.419. The lowest BCUT2D eigenvalue weighted by Crippen LogP contribution is -2.44. The van der Waals surface area contributed by atoms with E-state index in [-0.39, 0.29) is 0 Å². The number of anilines is 1. The zero-order chi connectivity index (χ0) is 11.8. The summed E-state index contributed by atoms with van der Waals surface area (Å²) >= 11 is 5.98. The first-order chi connectivity index (χ1) is 8.24. The average Bonchev–Trinajstić information content (AvgIpc) is 2.75. The van der Waals surface area contributed by atoms with Crippen LogP contribution in [0.5, 0.6) is 0 Å². The van der Waals surface area contributed by atoms with Crippen LogP contribution in [0.3, 0.4) is 0 Å². The lowest BCUT2D eigenvalue weighted by molar-refractivity contribution is 0.311. The van der Waals surface area contributed by atoms with E-state index in [1.165, 1.54) is 6.33 Å². The molecule has 0 aliphatic carbocycles. The molecule has 1 aliphatic rings. The number of aromatic amines is 1. The molecular formula is C10H13ClN6. The fourth-order valence-corrected chi connectivity index (χ4v) is 2.13. The van der Waals surface area contributed by atoms with Crippen LogP contribution in [0.2, 0.25) is 5.15 Å². The fourth-order valence-electron chi connectivity index (χ4n) is 1.96. The molecule has 6 nitrogen and oxygen atoms in total. The SMILES string of the molecule is CN1CCN(c2nc3ncnc(Cl)c3[nH]2)CC1. The summed E-state index contributed by atoms with van der Waals surface area (Å²) in [5.41, 5.74) is 1.34. The number of nitrogens with zero attached hydrogens (tertiary/aromatic N) is 5. The summed E-state index contributed by atoms with van der Waals surface area (Å²) in [6, 6.07) is 0. The maximum Gasteiger partial charge on any atom is 0.205 e. The molecule has 0 saturated carbocycles. The summed E-state index contributed by atoms with van der Waals surface area (Å²) in [5.74, 6) is 0.829. The number of H-pyrrole nitrogens is 1. The number of imidazole rings is 1. The Morgan fingerprint density at radius 3 is 2.71 bits per heavy atom. The maximum atomic E-state index is 5.98. The largest absolute Gasteiger partial charge is 0.340 e. The van der Waals surface area contributed by atoms with E-state index >= 15 is 0 Å². The number of rotatable bonds is 1. The quantitative estimate of drug-likeness (QED) is 0.760. The van der Waals surface area contributed by atoms with Crippen LogP contribution < -0.4 is 4.90 Å². The number of piperazine rings is 1. The monoisotopic (exact) mass is 252 g/mol. The molecule has 90 valence electrons. The second kappa shape index (κ2) is 4.12. The number of nitrogens with one attached hydrogen (secondary N) is 1. The Hall–Kier alpha value is -1.40. The Morgan fingerprint density at radius 1 is 1.24 bits per heavy atom. The Bertz CT molecular complexity index is 531. The van der Waals surface area contributed by atoms with Gasteiger partial charge in [0.1, 0.15) is 11.8 Å². The second-order valence-electron chi connectivity index (χ2n) is 4.21. The van der Waals surface area contributed by atoms with Gasteiger partial charge in [-0.2, -0.15) is 4.98 Å². The third kappa shape index (κ3) is 1.94. The molecule has 0 aromatic carbocycles. The third-order valence-corrected chi connectivity index (χ3v) is 3.32. The highest BCUT2D eigenvalue weighted by Gasteiger charge is 2.18. The van der Waals surface area contributed by atoms with Crippen molar-refractivity contribution in [3.8, 4) is 0 Å². The van der Waals surface area contributed by atoms with Crippen LogP contribution in [0.1, 0.15) is 0 Å². The molecule has 1 N–H and O–H groups in total. The highest BCUT2D eigenvalue weighted by molar-refractivity contribution is 6.33. The van der Waals surface area contributed by atoms with Gasteiger partial charge in [0.25, 0.3) is 0 Å². The minimum atomic E-state index is 0.419. The van der Waals surface area contributed by atoms with Gasteiger partial charge in [0, 0.05) is 26.2 Å². The summed E-state index contributed by atoms with van der Waals surface area (Å²) in [6.45, 7) is 4.00. The lowest BCUT2D eigenvalue weighted by atomic mass is 10.3.